The summed E-state index contributed by atoms with van der Waals surface area (Å²) in [4.78, 5) is 3.74. The van der Waals surface area contributed by atoms with Crippen LogP contribution in [-0.2, 0) is 14.2 Å². The molecule has 1 saturated heterocycles. The Hall–Kier alpha value is -0.610. The Kier molecular flexibility index (Phi) is 4.72. The van der Waals surface area contributed by atoms with E-state index in [0.717, 1.165) is 39.6 Å². The maximum Gasteiger partial charge on any atom is 0.169 e. The Morgan fingerprint density at radius 3 is 1.73 bits per heavy atom. The molecule has 0 aromatic rings. The zero-order chi connectivity index (χ0) is 7.78. The molecule has 0 spiro atoms. The first-order valence-corrected chi connectivity index (χ1v) is 3.75. The molecule has 0 N–H and O–H groups in total. The van der Waals surface area contributed by atoms with E-state index in [0.29, 0.717) is 0 Å². The Morgan fingerprint density at radius 1 is 0.909 bits per heavy atom. The van der Waals surface area contributed by atoms with Crippen LogP contribution in [0, 0.1) is 0 Å². The normalized spacial score (nSPS) is 21.8. The van der Waals surface area contributed by atoms with Crippen molar-refractivity contribution in [1.82, 2.24) is 0 Å². The van der Waals surface area contributed by atoms with E-state index in [-0.39, 0.29) is 0 Å². The van der Waals surface area contributed by atoms with Gasteiger partial charge in [-0.2, -0.15) is 0 Å². The second kappa shape index (κ2) is 6.12. The summed E-state index contributed by atoms with van der Waals surface area (Å²) in [5.41, 5.74) is 0. The average molecular weight is 159 g/mol. The zero-order valence-corrected chi connectivity index (χ0v) is 6.49. The standard InChI is InChI=1S/C4H8O2.C3H5NO/c1-2-6-4-3-5-1;1-2-5-3-4-1/h1-4H2;3H,1-2H2. The summed E-state index contributed by atoms with van der Waals surface area (Å²) in [6.45, 7) is 4.74. The first-order valence-electron chi connectivity index (χ1n) is 3.75. The van der Waals surface area contributed by atoms with Gasteiger partial charge in [0.1, 0.15) is 6.61 Å². The van der Waals surface area contributed by atoms with Gasteiger partial charge in [0.25, 0.3) is 0 Å². The first kappa shape index (κ1) is 8.49. The van der Waals surface area contributed by atoms with Crippen molar-refractivity contribution in [3.63, 3.8) is 0 Å². The van der Waals surface area contributed by atoms with Crippen molar-refractivity contribution in [2.45, 2.75) is 0 Å². The van der Waals surface area contributed by atoms with Crippen LogP contribution in [0.4, 0.5) is 0 Å². The molecule has 64 valence electrons. The summed E-state index contributed by atoms with van der Waals surface area (Å²) in [7, 11) is 0. The highest BCUT2D eigenvalue weighted by Gasteiger charge is 1.94. The lowest BCUT2D eigenvalue weighted by atomic mass is 10.6. The number of aliphatic imine (C=N–C) groups is 1. The molecule has 0 aliphatic carbocycles. The van der Waals surface area contributed by atoms with Crippen LogP contribution >= 0.6 is 0 Å². The van der Waals surface area contributed by atoms with Gasteiger partial charge < -0.3 is 14.2 Å². The molecule has 0 radical (unpaired) electrons. The molecule has 0 aromatic carbocycles. The van der Waals surface area contributed by atoms with Crippen LogP contribution in [0.3, 0.4) is 0 Å². The molecule has 0 unspecified atom stereocenters. The number of hydrogen-bond acceptors (Lipinski definition) is 4. The summed E-state index contributed by atoms with van der Waals surface area (Å²) in [5, 5.41) is 0. The molecule has 0 aromatic heterocycles. The Morgan fingerprint density at radius 2 is 1.55 bits per heavy atom. The zero-order valence-electron chi connectivity index (χ0n) is 6.49. The minimum atomic E-state index is 0.778. The van der Waals surface area contributed by atoms with Gasteiger partial charge in [-0.15, -0.1) is 0 Å². The maximum atomic E-state index is 4.94. The van der Waals surface area contributed by atoms with Crippen molar-refractivity contribution in [1.29, 1.82) is 0 Å². The van der Waals surface area contributed by atoms with Crippen LogP contribution in [0.25, 0.3) is 0 Å². The molecule has 2 aliphatic heterocycles. The van der Waals surface area contributed by atoms with E-state index in [2.05, 4.69) is 9.73 Å². The van der Waals surface area contributed by atoms with Gasteiger partial charge >= 0.3 is 0 Å². The largest absolute Gasteiger partial charge is 0.482 e. The van der Waals surface area contributed by atoms with E-state index in [1.54, 1.807) is 0 Å². The molecule has 2 aliphatic rings. The summed E-state index contributed by atoms with van der Waals surface area (Å²) in [5.74, 6) is 0. The molecular weight excluding hydrogens is 146 g/mol. The van der Waals surface area contributed by atoms with Crippen LogP contribution in [0.1, 0.15) is 0 Å². The average Bonchev–Trinajstić information content (AvgIpc) is 2.64. The third-order valence-electron chi connectivity index (χ3n) is 1.23. The van der Waals surface area contributed by atoms with Crippen molar-refractivity contribution in [3.8, 4) is 0 Å². The van der Waals surface area contributed by atoms with Crippen LogP contribution in [0.5, 0.6) is 0 Å². The van der Waals surface area contributed by atoms with Crippen molar-refractivity contribution in [2.75, 3.05) is 39.6 Å². The lowest BCUT2D eigenvalue weighted by Gasteiger charge is -2.09. The molecule has 2 rings (SSSR count). The minimum absolute atomic E-state index is 0.778. The van der Waals surface area contributed by atoms with Crippen molar-refractivity contribution >= 4 is 6.40 Å². The first-order chi connectivity index (χ1) is 5.50. The van der Waals surface area contributed by atoms with Crippen LogP contribution in [-0.4, -0.2) is 46.0 Å². The van der Waals surface area contributed by atoms with E-state index in [4.69, 9.17) is 9.47 Å². The minimum Gasteiger partial charge on any atom is -0.482 e. The highest BCUT2D eigenvalue weighted by molar-refractivity contribution is 5.47. The highest BCUT2D eigenvalue weighted by atomic mass is 16.6. The summed E-state index contributed by atoms with van der Waals surface area (Å²) in [6, 6.07) is 0. The quantitative estimate of drug-likeness (QED) is 0.502. The van der Waals surface area contributed by atoms with E-state index >= 15 is 0 Å². The number of ether oxygens (including phenoxy) is 3. The van der Waals surface area contributed by atoms with E-state index in [1.807, 2.05) is 0 Å². The molecule has 11 heavy (non-hydrogen) atoms. The highest BCUT2D eigenvalue weighted by Crippen LogP contribution is 1.85. The van der Waals surface area contributed by atoms with Gasteiger partial charge in [-0.25, -0.2) is 0 Å². The van der Waals surface area contributed by atoms with E-state index in [9.17, 15) is 0 Å². The fraction of sp³-hybridized carbons (Fsp3) is 0.857. The Bertz CT molecular complexity index is 94.7. The predicted octanol–water partition coefficient (Wildman–Crippen LogP) is 0.0781. The van der Waals surface area contributed by atoms with Gasteiger partial charge in [0, 0.05) is 0 Å². The second-order valence-electron chi connectivity index (χ2n) is 2.11. The SMILES string of the molecule is C1=NCCO1.C1COCCO1. The molecule has 0 bridgehead atoms. The van der Waals surface area contributed by atoms with E-state index < -0.39 is 0 Å². The van der Waals surface area contributed by atoms with Crippen LogP contribution in [0.2, 0.25) is 0 Å². The van der Waals surface area contributed by atoms with Gasteiger partial charge in [0.2, 0.25) is 0 Å². The fourth-order valence-corrected chi connectivity index (χ4v) is 0.703. The van der Waals surface area contributed by atoms with Gasteiger partial charge in [-0.1, -0.05) is 0 Å². The molecule has 0 saturated carbocycles. The molecule has 0 atom stereocenters. The predicted molar refractivity (Wildman–Crippen MR) is 40.9 cm³/mol. The third-order valence-corrected chi connectivity index (χ3v) is 1.23. The van der Waals surface area contributed by atoms with Gasteiger partial charge in [0.05, 0.1) is 33.0 Å². The fourth-order valence-electron chi connectivity index (χ4n) is 0.703. The van der Waals surface area contributed by atoms with Gasteiger partial charge in [-0.3, -0.25) is 4.99 Å². The molecule has 0 amide bonds. The Balaban J connectivity index is 0.000000112. The van der Waals surface area contributed by atoms with Crippen LogP contribution in [0.15, 0.2) is 4.99 Å². The lowest BCUT2D eigenvalue weighted by Crippen LogP contribution is -2.16. The summed E-state index contributed by atoms with van der Waals surface area (Å²) < 4.78 is 14.5. The summed E-state index contributed by atoms with van der Waals surface area (Å²) in [6.07, 6.45) is 1.49. The smallest absolute Gasteiger partial charge is 0.169 e. The lowest BCUT2D eigenvalue weighted by molar-refractivity contribution is -0.0334. The molecule has 1 fully saturated rings. The third kappa shape index (κ3) is 4.75. The van der Waals surface area contributed by atoms with Gasteiger partial charge in [0.15, 0.2) is 6.40 Å². The summed E-state index contributed by atoms with van der Waals surface area (Å²) >= 11 is 0. The van der Waals surface area contributed by atoms with Crippen molar-refractivity contribution < 1.29 is 14.2 Å². The van der Waals surface area contributed by atoms with Crippen LogP contribution < -0.4 is 0 Å². The monoisotopic (exact) mass is 159 g/mol. The Labute approximate surface area is 66.2 Å². The molecule has 4 nitrogen and oxygen atoms in total. The number of rotatable bonds is 0. The van der Waals surface area contributed by atoms with Crippen molar-refractivity contribution in [2.24, 2.45) is 4.99 Å². The van der Waals surface area contributed by atoms with E-state index in [1.165, 1.54) is 6.40 Å². The maximum absolute atomic E-state index is 4.94. The topological polar surface area (TPSA) is 40.0 Å². The molecule has 2 heterocycles. The second-order valence-corrected chi connectivity index (χ2v) is 2.11. The number of hydrogen-bond donors (Lipinski definition) is 0. The number of nitrogens with zero attached hydrogens (tertiary/aromatic N) is 1. The molecular formula is C7H13NO3. The van der Waals surface area contributed by atoms with Crippen molar-refractivity contribution in [3.05, 3.63) is 0 Å². The molecule has 4 heteroatoms. The van der Waals surface area contributed by atoms with Gasteiger partial charge in [-0.05, 0) is 0 Å².